The number of hydrogen-bond donors (Lipinski definition) is 0. The van der Waals surface area contributed by atoms with Crippen molar-refractivity contribution in [2.75, 3.05) is 0 Å². The highest BCUT2D eigenvalue weighted by molar-refractivity contribution is 5.40. The SMILES string of the molecule is Cc1cc(F)c(C)c(CCC(C)CCCCCCC[C@H](C)CCCC(C)C)c1C. The van der Waals surface area contributed by atoms with Gasteiger partial charge in [0, 0.05) is 0 Å². The Balaban J connectivity index is 2.11. The molecular weight excluding hydrogens is 355 g/mol. The molecule has 0 nitrogen and oxygen atoms in total. The number of unbranched alkanes of at least 4 members (excludes halogenated alkanes) is 4. The van der Waals surface area contributed by atoms with Crippen molar-refractivity contribution >= 4 is 0 Å². The largest absolute Gasteiger partial charge is 0.207 e. The van der Waals surface area contributed by atoms with Crippen LogP contribution in [0.5, 0.6) is 0 Å². The molecule has 0 aliphatic carbocycles. The molecule has 168 valence electrons. The lowest BCUT2D eigenvalue weighted by molar-refractivity contribution is 0.413. The average Bonchev–Trinajstić information content (AvgIpc) is 2.65. The highest BCUT2D eigenvalue weighted by Gasteiger charge is 2.12. The van der Waals surface area contributed by atoms with Crippen molar-refractivity contribution in [2.45, 2.75) is 126 Å². The van der Waals surface area contributed by atoms with E-state index in [9.17, 15) is 4.39 Å². The second kappa shape index (κ2) is 14.2. The summed E-state index contributed by atoms with van der Waals surface area (Å²) >= 11 is 0. The molecule has 2 atom stereocenters. The summed E-state index contributed by atoms with van der Waals surface area (Å²) in [5.41, 5.74) is 4.48. The minimum absolute atomic E-state index is 0.0370. The summed E-state index contributed by atoms with van der Waals surface area (Å²) in [4.78, 5) is 0. The normalized spacial score (nSPS) is 13.8. The molecule has 29 heavy (non-hydrogen) atoms. The quantitative estimate of drug-likeness (QED) is 0.255. The fourth-order valence-electron chi connectivity index (χ4n) is 4.51. The summed E-state index contributed by atoms with van der Waals surface area (Å²) in [6, 6.07) is 1.68. The summed E-state index contributed by atoms with van der Waals surface area (Å²) < 4.78 is 14.0. The Bertz CT molecular complexity index is 546. The molecule has 0 amide bonds. The van der Waals surface area contributed by atoms with Crippen molar-refractivity contribution in [3.8, 4) is 0 Å². The highest BCUT2D eigenvalue weighted by atomic mass is 19.1. The van der Waals surface area contributed by atoms with Crippen molar-refractivity contribution in [1.29, 1.82) is 0 Å². The van der Waals surface area contributed by atoms with Crippen LogP contribution in [0.1, 0.15) is 121 Å². The van der Waals surface area contributed by atoms with E-state index in [1.807, 2.05) is 13.8 Å². The predicted octanol–water partition coefficient (Wildman–Crippen LogP) is 9.51. The molecule has 0 saturated heterocycles. The van der Waals surface area contributed by atoms with Crippen molar-refractivity contribution in [2.24, 2.45) is 17.8 Å². The lowest BCUT2D eigenvalue weighted by atomic mass is 9.90. The molecule has 0 aromatic heterocycles. The van der Waals surface area contributed by atoms with Crippen LogP contribution < -0.4 is 0 Å². The lowest BCUT2D eigenvalue weighted by Crippen LogP contribution is -2.04. The van der Waals surface area contributed by atoms with Crippen LogP contribution in [-0.2, 0) is 6.42 Å². The molecule has 1 aromatic rings. The Kier molecular flexibility index (Phi) is 12.8. The molecule has 0 fully saturated rings. The van der Waals surface area contributed by atoms with Crippen LogP contribution in [0.3, 0.4) is 0 Å². The van der Waals surface area contributed by atoms with E-state index in [0.29, 0.717) is 0 Å². The molecule has 0 aliphatic rings. The van der Waals surface area contributed by atoms with Crippen LogP contribution >= 0.6 is 0 Å². The minimum Gasteiger partial charge on any atom is -0.207 e. The van der Waals surface area contributed by atoms with Crippen LogP contribution in [0.4, 0.5) is 4.39 Å². The maximum Gasteiger partial charge on any atom is 0.126 e. The molecule has 0 saturated carbocycles. The third-order valence-electron chi connectivity index (χ3n) is 6.96. The van der Waals surface area contributed by atoms with E-state index in [1.165, 1.54) is 81.8 Å². The zero-order valence-electron chi connectivity index (χ0n) is 20.7. The molecule has 0 bridgehead atoms. The van der Waals surface area contributed by atoms with Gasteiger partial charge < -0.3 is 0 Å². The second-order valence-corrected chi connectivity index (χ2v) is 10.3. The van der Waals surface area contributed by atoms with Gasteiger partial charge in [-0.15, -0.1) is 0 Å². The van der Waals surface area contributed by atoms with Gasteiger partial charge in [-0.2, -0.15) is 0 Å². The molecule has 1 unspecified atom stereocenters. The fourth-order valence-corrected chi connectivity index (χ4v) is 4.51. The molecule has 0 heterocycles. The van der Waals surface area contributed by atoms with Crippen LogP contribution in [0, 0.1) is 44.3 Å². The monoisotopic (exact) mass is 404 g/mol. The summed E-state index contributed by atoms with van der Waals surface area (Å²) in [5, 5.41) is 0. The first-order valence-corrected chi connectivity index (χ1v) is 12.5. The topological polar surface area (TPSA) is 0 Å². The Hall–Kier alpha value is -0.850. The molecule has 1 heteroatoms. The Labute approximate surface area is 182 Å². The van der Waals surface area contributed by atoms with Gasteiger partial charge in [-0.05, 0) is 79.7 Å². The van der Waals surface area contributed by atoms with E-state index in [-0.39, 0.29) is 5.82 Å². The third kappa shape index (κ3) is 10.7. The number of rotatable bonds is 15. The van der Waals surface area contributed by atoms with Gasteiger partial charge in [0.15, 0.2) is 0 Å². The van der Waals surface area contributed by atoms with E-state index >= 15 is 0 Å². The van der Waals surface area contributed by atoms with Gasteiger partial charge in [0.25, 0.3) is 0 Å². The standard InChI is InChI=1S/C28H49F/c1-21(2)14-13-17-22(3)15-11-9-8-10-12-16-23(4)18-19-27-25(6)24(5)20-28(29)26(27)7/h20-23H,8-19H2,1-7H3/t22-,23?/m0/s1. The Morgan fingerprint density at radius 1 is 0.655 bits per heavy atom. The smallest absolute Gasteiger partial charge is 0.126 e. The zero-order valence-corrected chi connectivity index (χ0v) is 20.7. The summed E-state index contributed by atoms with van der Waals surface area (Å²) in [5.74, 6) is 2.46. The van der Waals surface area contributed by atoms with E-state index in [1.54, 1.807) is 6.07 Å². The summed E-state index contributed by atoms with van der Waals surface area (Å²) in [7, 11) is 0. The number of benzene rings is 1. The molecular formula is C28H49F. The summed E-state index contributed by atoms with van der Waals surface area (Å²) in [6.45, 7) is 15.6. The van der Waals surface area contributed by atoms with Gasteiger partial charge in [-0.25, -0.2) is 4.39 Å². The van der Waals surface area contributed by atoms with Gasteiger partial charge in [0.2, 0.25) is 0 Å². The second-order valence-electron chi connectivity index (χ2n) is 10.3. The van der Waals surface area contributed by atoms with Crippen LogP contribution in [0.15, 0.2) is 6.07 Å². The van der Waals surface area contributed by atoms with E-state index in [4.69, 9.17) is 0 Å². The van der Waals surface area contributed by atoms with E-state index < -0.39 is 0 Å². The highest BCUT2D eigenvalue weighted by Crippen LogP contribution is 2.25. The first-order chi connectivity index (χ1) is 13.7. The third-order valence-corrected chi connectivity index (χ3v) is 6.96. The van der Waals surface area contributed by atoms with Gasteiger partial charge in [0.1, 0.15) is 5.82 Å². The van der Waals surface area contributed by atoms with E-state index in [2.05, 4.69) is 34.6 Å². The van der Waals surface area contributed by atoms with Crippen molar-refractivity contribution < 1.29 is 4.39 Å². The summed E-state index contributed by atoms with van der Waals surface area (Å²) in [6.07, 6.45) is 16.1. The molecule has 1 aromatic carbocycles. The van der Waals surface area contributed by atoms with Gasteiger partial charge in [-0.3, -0.25) is 0 Å². The first kappa shape index (κ1) is 26.2. The van der Waals surface area contributed by atoms with Crippen molar-refractivity contribution in [1.82, 2.24) is 0 Å². The van der Waals surface area contributed by atoms with Gasteiger partial charge in [-0.1, -0.05) is 91.9 Å². The molecule has 0 spiro atoms. The number of halogens is 1. The Morgan fingerprint density at radius 2 is 1.17 bits per heavy atom. The maximum atomic E-state index is 14.0. The van der Waals surface area contributed by atoms with Gasteiger partial charge >= 0.3 is 0 Å². The molecule has 0 radical (unpaired) electrons. The minimum atomic E-state index is -0.0370. The first-order valence-electron chi connectivity index (χ1n) is 12.5. The fraction of sp³-hybridized carbons (Fsp3) is 0.786. The van der Waals surface area contributed by atoms with Crippen molar-refractivity contribution in [3.05, 3.63) is 34.1 Å². The van der Waals surface area contributed by atoms with Crippen LogP contribution in [-0.4, -0.2) is 0 Å². The lowest BCUT2D eigenvalue weighted by Gasteiger charge is -2.16. The number of hydrogen-bond acceptors (Lipinski definition) is 0. The zero-order chi connectivity index (χ0) is 21.8. The average molecular weight is 405 g/mol. The van der Waals surface area contributed by atoms with E-state index in [0.717, 1.165) is 35.3 Å². The predicted molar refractivity (Wildman–Crippen MR) is 128 cm³/mol. The van der Waals surface area contributed by atoms with Crippen molar-refractivity contribution in [3.63, 3.8) is 0 Å². The van der Waals surface area contributed by atoms with Crippen LogP contribution in [0.2, 0.25) is 0 Å². The van der Waals surface area contributed by atoms with Crippen LogP contribution in [0.25, 0.3) is 0 Å². The number of aryl methyl sites for hydroxylation is 1. The van der Waals surface area contributed by atoms with Gasteiger partial charge in [0.05, 0.1) is 0 Å². The molecule has 1 rings (SSSR count). The molecule has 0 N–H and O–H groups in total. The maximum absolute atomic E-state index is 14.0. The molecule has 0 aliphatic heterocycles. The Morgan fingerprint density at radius 3 is 1.76 bits per heavy atom.